The number of halogens is 2. The minimum Gasteiger partial charge on any atom is -0.488 e. The lowest BCUT2D eigenvalue weighted by Crippen LogP contribution is -2.03. The van der Waals surface area contributed by atoms with E-state index in [1.165, 1.54) is 12.5 Å². The molecule has 1 rings (SSSR count). The summed E-state index contributed by atoms with van der Waals surface area (Å²) >= 11 is 8.87. The summed E-state index contributed by atoms with van der Waals surface area (Å²) in [7, 11) is 0. The van der Waals surface area contributed by atoms with Crippen LogP contribution in [0, 0.1) is 0 Å². The maximum absolute atomic E-state index is 11.4. The summed E-state index contributed by atoms with van der Waals surface area (Å²) in [4.78, 5) is 11.4. The van der Waals surface area contributed by atoms with Crippen molar-refractivity contribution in [2.24, 2.45) is 0 Å². The van der Waals surface area contributed by atoms with Crippen LogP contribution in [0.4, 0.5) is 0 Å². The van der Waals surface area contributed by atoms with Crippen molar-refractivity contribution in [2.45, 2.75) is 13.8 Å². The fraction of sp³-hybridized carbons (Fsp3) is 0.250. The maximum atomic E-state index is 11.4. The summed E-state index contributed by atoms with van der Waals surface area (Å²) in [5, 5.41) is 0. The van der Waals surface area contributed by atoms with Crippen LogP contribution < -0.4 is 4.74 Å². The van der Waals surface area contributed by atoms with E-state index < -0.39 is 0 Å². The van der Waals surface area contributed by atoms with Crippen LogP contribution in [0.25, 0.3) is 0 Å². The zero-order valence-corrected chi connectivity index (χ0v) is 11.4. The van der Waals surface area contributed by atoms with E-state index in [-0.39, 0.29) is 5.78 Å². The smallest absolute Gasteiger partial charge is 0.163 e. The normalized spacial score (nSPS) is 11.4. The maximum Gasteiger partial charge on any atom is 0.163 e. The number of ketones is 1. The van der Waals surface area contributed by atoms with Crippen molar-refractivity contribution in [3.8, 4) is 5.75 Å². The van der Waals surface area contributed by atoms with Gasteiger partial charge in [-0.2, -0.15) is 0 Å². The van der Waals surface area contributed by atoms with Crippen molar-refractivity contribution >= 4 is 33.3 Å². The molecule has 0 aliphatic carbocycles. The number of carbonyl (C=O) groups excluding carboxylic acids is 1. The van der Waals surface area contributed by atoms with Gasteiger partial charge in [0.15, 0.2) is 5.78 Å². The molecule has 4 heteroatoms. The predicted molar refractivity (Wildman–Crippen MR) is 69.3 cm³/mol. The van der Waals surface area contributed by atoms with Gasteiger partial charge in [-0.15, -0.1) is 0 Å². The molecule has 0 heterocycles. The lowest BCUT2D eigenvalue weighted by molar-refractivity contribution is 0.101. The van der Waals surface area contributed by atoms with Gasteiger partial charge in [0.25, 0.3) is 0 Å². The first-order chi connectivity index (χ1) is 7.54. The molecule has 0 spiro atoms. The Kier molecular flexibility index (Phi) is 5.03. The Morgan fingerprint density at radius 1 is 1.50 bits per heavy atom. The van der Waals surface area contributed by atoms with Crippen molar-refractivity contribution in [1.29, 1.82) is 0 Å². The van der Waals surface area contributed by atoms with Gasteiger partial charge in [-0.25, -0.2) is 0 Å². The molecule has 86 valence electrons. The third-order valence-electron chi connectivity index (χ3n) is 1.96. The molecular formula is C12H12BrClO2. The van der Waals surface area contributed by atoms with Gasteiger partial charge in [0.05, 0.1) is 5.56 Å². The Balaban J connectivity index is 2.92. The first-order valence-corrected chi connectivity index (χ1v) is 5.96. The Bertz CT molecular complexity index is 427. The molecule has 0 fully saturated rings. The molecule has 2 nitrogen and oxygen atoms in total. The van der Waals surface area contributed by atoms with E-state index in [1.54, 1.807) is 12.1 Å². The fourth-order valence-corrected chi connectivity index (χ4v) is 1.53. The van der Waals surface area contributed by atoms with E-state index in [0.29, 0.717) is 17.9 Å². The summed E-state index contributed by atoms with van der Waals surface area (Å²) in [6.45, 7) is 3.75. The van der Waals surface area contributed by atoms with E-state index in [2.05, 4.69) is 15.9 Å². The van der Waals surface area contributed by atoms with Crippen LogP contribution in [0.5, 0.6) is 5.75 Å². The highest BCUT2D eigenvalue weighted by Crippen LogP contribution is 2.24. The lowest BCUT2D eigenvalue weighted by Gasteiger charge is -2.10. The van der Waals surface area contributed by atoms with Gasteiger partial charge in [-0.3, -0.25) is 4.79 Å². The molecule has 0 aliphatic rings. The van der Waals surface area contributed by atoms with Crippen LogP contribution in [-0.4, -0.2) is 12.4 Å². The number of rotatable bonds is 4. The second kappa shape index (κ2) is 6.06. The van der Waals surface area contributed by atoms with Crippen molar-refractivity contribution < 1.29 is 9.53 Å². The van der Waals surface area contributed by atoms with Gasteiger partial charge in [0.2, 0.25) is 0 Å². The third kappa shape index (κ3) is 3.65. The highest BCUT2D eigenvalue weighted by molar-refractivity contribution is 9.10. The van der Waals surface area contributed by atoms with Crippen LogP contribution in [0.3, 0.4) is 0 Å². The quantitative estimate of drug-likeness (QED) is 0.780. The molecule has 0 saturated heterocycles. The number of Topliss-reactive ketones (excluding diaryl/α,β-unsaturated/α-hetero) is 1. The molecule has 0 aliphatic heterocycles. The standard InChI is InChI=1S/C12H12BrClO2/c1-8(6-14)7-16-12-5-10(13)3-4-11(12)9(2)15/h3-6H,7H2,1-2H3/b8-6+. The highest BCUT2D eigenvalue weighted by atomic mass is 79.9. The number of carbonyl (C=O) groups is 1. The van der Waals surface area contributed by atoms with E-state index in [9.17, 15) is 4.79 Å². The van der Waals surface area contributed by atoms with E-state index in [4.69, 9.17) is 16.3 Å². The minimum absolute atomic E-state index is 0.0185. The molecule has 16 heavy (non-hydrogen) atoms. The molecule has 0 radical (unpaired) electrons. The third-order valence-corrected chi connectivity index (χ3v) is 2.83. The number of ether oxygens (including phenoxy) is 1. The fourth-order valence-electron chi connectivity index (χ4n) is 1.13. The Hall–Kier alpha value is -0.800. The molecule has 1 aromatic carbocycles. The Morgan fingerprint density at radius 3 is 2.75 bits per heavy atom. The minimum atomic E-state index is -0.0185. The molecular weight excluding hydrogens is 291 g/mol. The Labute approximate surface area is 108 Å². The molecule has 0 amide bonds. The van der Waals surface area contributed by atoms with Gasteiger partial charge in [0.1, 0.15) is 12.4 Å². The van der Waals surface area contributed by atoms with Gasteiger partial charge in [-0.1, -0.05) is 27.5 Å². The van der Waals surface area contributed by atoms with Crippen molar-refractivity contribution in [3.63, 3.8) is 0 Å². The number of hydrogen-bond acceptors (Lipinski definition) is 2. The monoisotopic (exact) mass is 302 g/mol. The van der Waals surface area contributed by atoms with E-state index in [1.807, 2.05) is 13.0 Å². The topological polar surface area (TPSA) is 26.3 Å². The molecule has 0 saturated carbocycles. The molecule has 0 aromatic heterocycles. The molecule has 0 N–H and O–H groups in total. The van der Waals surface area contributed by atoms with Gasteiger partial charge < -0.3 is 4.74 Å². The molecule has 0 bridgehead atoms. The predicted octanol–water partition coefficient (Wildman–Crippen LogP) is 4.17. The summed E-state index contributed by atoms with van der Waals surface area (Å²) in [6.07, 6.45) is 0. The lowest BCUT2D eigenvalue weighted by atomic mass is 10.1. The number of hydrogen-bond donors (Lipinski definition) is 0. The van der Waals surface area contributed by atoms with Crippen LogP contribution in [0.2, 0.25) is 0 Å². The summed E-state index contributed by atoms with van der Waals surface area (Å²) in [5.74, 6) is 0.551. The summed E-state index contributed by atoms with van der Waals surface area (Å²) < 4.78 is 6.40. The highest BCUT2D eigenvalue weighted by Gasteiger charge is 2.08. The SMILES string of the molecule is CC(=O)c1ccc(Br)cc1OC/C(C)=C/Cl. The number of benzene rings is 1. The molecule has 1 aromatic rings. The average Bonchev–Trinajstić information content (AvgIpc) is 2.25. The van der Waals surface area contributed by atoms with Crippen molar-refractivity contribution in [3.05, 3.63) is 39.3 Å². The zero-order chi connectivity index (χ0) is 12.1. The van der Waals surface area contributed by atoms with Crippen molar-refractivity contribution in [1.82, 2.24) is 0 Å². The summed E-state index contributed by atoms with van der Waals surface area (Å²) in [6, 6.07) is 5.33. The second-order valence-electron chi connectivity index (χ2n) is 3.44. The van der Waals surface area contributed by atoms with E-state index in [0.717, 1.165) is 10.0 Å². The second-order valence-corrected chi connectivity index (χ2v) is 4.57. The van der Waals surface area contributed by atoms with E-state index >= 15 is 0 Å². The zero-order valence-electron chi connectivity index (χ0n) is 9.09. The first-order valence-electron chi connectivity index (χ1n) is 4.73. The Morgan fingerprint density at radius 2 is 2.19 bits per heavy atom. The van der Waals surface area contributed by atoms with Gasteiger partial charge in [0, 0.05) is 10.0 Å². The molecule has 0 atom stereocenters. The van der Waals surface area contributed by atoms with Crippen LogP contribution in [0.1, 0.15) is 24.2 Å². The first kappa shape index (κ1) is 13.3. The van der Waals surface area contributed by atoms with Crippen LogP contribution in [-0.2, 0) is 0 Å². The molecule has 0 unspecified atom stereocenters. The van der Waals surface area contributed by atoms with Crippen molar-refractivity contribution in [2.75, 3.05) is 6.61 Å². The van der Waals surface area contributed by atoms with Crippen LogP contribution in [0.15, 0.2) is 33.8 Å². The van der Waals surface area contributed by atoms with Gasteiger partial charge in [-0.05, 0) is 37.6 Å². The average molecular weight is 304 g/mol. The van der Waals surface area contributed by atoms with Crippen LogP contribution >= 0.6 is 27.5 Å². The van der Waals surface area contributed by atoms with Gasteiger partial charge >= 0.3 is 0 Å². The summed E-state index contributed by atoms with van der Waals surface area (Å²) in [5.41, 5.74) is 2.94. The largest absolute Gasteiger partial charge is 0.488 e.